The average molecular weight is 457 g/mol. The molecule has 4 aliphatic rings. The monoisotopic (exact) mass is 456 g/mol. The third kappa shape index (κ3) is 3.25. The summed E-state index contributed by atoms with van der Waals surface area (Å²) in [5.41, 5.74) is 5.61. The fourth-order valence-electron chi connectivity index (χ4n) is 10.2. The molecular weight excluding hydrogens is 404 g/mol. The Morgan fingerprint density at radius 2 is 1.52 bits per heavy atom. The maximum atomic E-state index is 11.0. The molecule has 2 nitrogen and oxygen atoms in total. The first-order chi connectivity index (χ1) is 15.3. The Hall–Kier alpha value is -0.600. The molecule has 4 fully saturated rings. The SMILES string of the molecule is CC(C)=CCC/C(C)=C1/CC[C@@]2(C)[C@H]1CC[C@]1(C)[C@]2(C)CCC2[C@]1(C)CC[C@H](O)[C@]2(C)CO. The van der Waals surface area contributed by atoms with Crippen LogP contribution in [0.5, 0.6) is 0 Å². The summed E-state index contributed by atoms with van der Waals surface area (Å²) < 4.78 is 0. The molecule has 0 aromatic carbocycles. The molecular formula is C31H52O2. The first kappa shape index (κ1) is 25.5. The van der Waals surface area contributed by atoms with Crippen molar-refractivity contribution in [2.45, 2.75) is 126 Å². The molecule has 1 unspecified atom stereocenters. The van der Waals surface area contributed by atoms with Gasteiger partial charge in [0.05, 0.1) is 12.7 Å². The second kappa shape index (κ2) is 8.22. The van der Waals surface area contributed by atoms with Crippen molar-refractivity contribution in [1.29, 1.82) is 0 Å². The largest absolute Gasteiger partial charge is 0.396 e. The Labute approximate surface area is 204 Å². The number of aliphatic hydroxyl groups is 2. The van der Waals surface area contributed by atoms with Gasteiger partial charge in [-0.25, -0.2) is 0 Å². The molecule has 0 radical (unpaired) electrons. The van der Waals surface area contributed by atoms with Crippen molar-refractivity contribution in [3.8, 4) is 0 Å². The van der Waals surface area contributed by atoms with Crippen LogP contribution in [0.2, 0.25) is 0 Å². The predicted octanol–water partition coefficient (Wildman–Crippen LogP) is 7.84. The van der Waals surface area contributed by atoms with Crippen molar-refractivity contribution >= 4 is 0 Å². The Bertz CT molecular complexity index is 836. The van der Waals surface area contributed by atoms with Crippen molar-refractivity contribution in [2.24, 2.45) is 38.9 Å². The Morgan fingerprint density at radius 3 is 2.15 bits per heavy atom. The van der Waals surface area contributed by atoms with E-state index in [0.29, 0.717) is 16.7 Å². The lowest BCUT2D eigenvalue weighted by Crippen LogP contribution is -2.69. The third-order valence-electron chi connectivity index (χ3n) is 12.9. The molecule has 4 aliphatic carbocycles. The lowest BCUT2D eigenvalue weighted by Gasteiger charge is -2.74. The molecule has 0 spiro atoms. The molecule has 4 rings (SSSR count). The first-order valence-corrected chi connectivity index (χ1v) is 13.9. The van der Waals surface area contributed by atoms with Crippen LogP contribution in [-0.4, -0.2) is 22.9 Å². The Balaban J connectivity index is 1.70. The van der Waals surface area contributed by atoms with Gasteiger partial charge < -0.3 is 10.2 Å². The van der Waals surface area contributed by atoms with Gasteiger partial charge in [0.1, 0.15) is 0 Å². The molecule has 2 heteroatoms. The number of fused-ring (bicyclic) bond motifs is 5. The van der Waals surface area contributed by atoms with Crippen LogP contribution in [0.4, 0.5) is 0 Å². The van der Waals surface area contributed by atoms with Crippen LogP contribution in [0.3, 0.4) is 0 Å². The molecule has 0 aromatic rings. The van der Waals surface area contributed by atoms with Crippen molar-refractivity contribution in [3.05, 3.63) is 22.8 Å². The molecule has 0 amide bonds. The maximum absolute atomic E-state index is 11.0. The first-order valence-electron chi connectivity index (χ1n) is 13.9. The van der Waals surface area contributed by atoms with Crippen LogP contribution < -0.4 is 0 Å². The lowest BCUT2D eigenvalue weighted by atomic mass is 9.30. The second-order valence-corrected chi connectivity index (χ2v) is 14.0. The number of hydrogen-bond acceptors (Lipinski definition) is 2. The summed E-state index contributed by atoms with van der Waals surface area (Å²) in [5.74, 6) is 1.14. The molecule has 33 heavy (non-hydrogen) atoms. The van der Waals surface area contributed by atoms with Crippen molar-refractivity contribution < 1.29 is 10.2 Å². The number of aliphatic hydroxyl groups excluding tert-OH is 2. The van der Waals surface area contributed by atoms with Gasteiger partial charge in [0.15, 0.2) is 0 Å². The zero-order valence-corrected chi connectivity index (χ0v) is 23.0. The van der Waals surface area contributed by atoms with E-state index in [2.05, 4.69) is 61.5 Å². The lowest BCUT2D eigenvalue weighted by molar-refractivity contribution is -0.273. The highest BCUT2D eigenvalue weighted by Crippen LogP contribution is 2.80. The number of allylic oxidation sites excluding steroid dienone is 4. The van der Waals surface area contributed by atoms with E-state index in [-0.39, 0.29) is 29.0 Å². The average Bonchev–Trinajstić information content (AvgIpc) is 3.11. The standard InChI is InChI=1S/C31H52O2/c1-21(2)10-9-11-22(3)23-12-16-28(5)24(23)13-18-31(8)29(6)17-15-26(33)27(4,20-32)25(29)14-19-30(28,31)7/h10,24-26,32-33H,9,11-20H2,1-8H3/b23-22-/t24-,25?,26-,27+,28-,29-,30+,31-/m0/s1. The van der Waals surface area contributed by atoms with Gasteiger partial charge in [-0.1, -0.05) is 57.4 Å². The van der Waals surface area contributed by atoms with Gasteiger partial charge in [-0.15, -0.1) is 0 Å². The Morgan fingerprint density at radius 1 is 0.879 bits per heavy atom. The van der Waals surface area contributed by atoms with Gasteiger partial charge >= 0.3 is 0 Å². The molecule has 8 atom stereocenters. The fourth-order valence-corrected chi connectivity index (χ4v) is 10.2. The van der Waals surface area contributed by atoms with E-state index >= 15 is 0 Å². The Kier molecular flexibility index (Phi) is 6.35. The van der Waals surface area contributed by atoms with Crippen LogP contribution in [0.1, 0.15) is 120 Å². The summed E-state index contributed by atoms with van der Waals surface area (Å²) in [6, 6.07) is 0. The normalized spacial score (nSPS) is 50.8. The van der Waals surface area contributed by atoms with Gasteiger partial charge in [-0.2, -0.15) is 0 Å². The summed E-state index contributed by atoms with van der Waals surface area (Å²) in [6.07, 6.45) is 14.0. The van der Waals surface area contributed by atoms with Gasteiger partial charge in [-0.05, 0) is 118 Å². The predicted molar refractivity (Wildman–Crippen MR) is 139 cm³/mol. The highest BCUT2D eigenvalue weighted by Gasteiger charge is 2.73. The molecule has 0 saturated heterocycles. The molecule has 0 aromatic heterocycles. The summed E-state index contributed by atoms with van der Waals surface area (Å²) >= 11 is 0. The van der Waals surface area contributed by atoms with E-state index in [9.17, 15) is 10.2 Å². The molecule has 0 heterocycles. The van der Waals surface area contributed by atoms with Crippen molar-refractivity contribution in [2.75, 3.05) is 6.61 Å². The van der Waals surface area contributed by atoms with Crippen LogP contribution in [0, 0.1) is 38.9 Å². The zero-order chi connectivity index (χ0) is 24.4. The molecule has 0 bridgehead atoms. The molecule has 2 N–H and O–H groups in total. The van der Waals surface area contributed by atoms with Crippen LogP contribution in [0.25, 0.3) is 0 Å². The quantitative estimate of drug-likeness (QED) is 0.423. The maximum Gasteiger partial charge on any atom is 0.0618 e. The van der Waals surface area contributed by atoms with Crippen LogP contribution >= 0.6 is 0 Å². The van der Waals surface area contributed by atoms with E-state index in [1.807, 2.05) is 0 Å². The highest BCUT2D eigenvalue weighted by molar-refractivity contribution is 5.31. The summed E-state index contributed by atoms with van der Waals surface area (Å²) in [7, 11) is 0. The topological polar surface area (TPSA) is 40.5 Å². The van der Waals surface area contributed by atoms with Gasteiger partial charge in [-0.3, -0.25) is 0 Å². The molecule has 188 valence electrons. The minimum absolute atomic E-state index is 0.110. The minimum atomic E-state index is -0.370. The number of hydrogen-bond donors (Lipinski definition) is 2. The van der Waals surface area contributed by atoms with E-state index < -0.39 is 0 Å². The minimum Gasteiger partial charge on any atom is -0.396 e. The summed E-state index contributed by atoms with van der Waals surface area (Å²) in [6.45, 7) is 19.6. The zero-order valence-electron chi connectivity index (χ0n) is 23.0. The second-order valence-electron chi connectivity index (χ2n) is 14.0. The smallest absolute Gasteiger partial charge is 0.0618 e. The highest BCUT2D eigenvalue weighted by atomic mass is 16.3. The summed E-state index contributed by atoms with van der Waals surface area (Å²) in [5, 5.41) is 21.4. The number of rotatable bonds is 4. The van der Waals surface area contributed by atoms with E-state index in [1.165, 1.54) is 50.5 Å². The van der Waals surface area contributed by atoms with Gasteiger partial charge in [0.25, 0.3) is 0 Å². The van der Waals surface area contributed by atoms with Crippen LogP contribution in [-0.2, 0) is 0 Å². The van der Waals surface area contributed by atoms with E-state index in [1.54, 1.807) is 11.1 Å². The van der Waals surface area contributed by atoms with Crippen molar-refractivity contribution in [1.82, 2.24) is 0 Å². The molecule has 0 aliphatic heterocycles. The van der Waals surface area contributed by atoms with Gasteiger partial charge in [0.2, 0.25) is 0 Å². The fraction of sp³-hybridized carbons (Fsp3) is 0.871. The van der Waals surface area contributed by atoms with Crippen LogP contribution in [0.15, 0.2) is 22.8 Å². The van der Waals surface area contributed by atoms with E-state index in [4.69, 9.17) is 0 Å². The van der Waals surface area contributed by atoms with Crippen molar-refractivity contribution in [3.63, 3.8) is 0 Å². The molecule has 4 saturated carbocycles. The van der Waals surface area contributed by atoms with Gasteiger partial charge in [0, 0.05) is 5.41 Å². The summed E-state index contributed by atoms with van der Waals surface area (Å²) in [4.78, 5) is 0. The third-order valence-corrected chi connectivity index (χ3v) is 12.9. The van der Waals surface area contributed by atoms with E-state index in [0.717, 1.165) is 25.2 Å².